The molecule has 2 N–H and O–H groups in total. The molecule has 0 atom stereocenters. The van der Waals surface area contributed by atoms with Gasteiger partial charge in [0.05, 0.1) is 5.41 Å². The Hall–Kier alpha value is -1.55. The van der Waals surface area contributed by atoms with Crippen molar-refractivity contribution in [2.45, 2.75) is 44.9 Å². The van der Waals surface area contributed by atoms with Crippen LogP contribution in [0.4, 0.5) is 0 Å². The van der Waals surface area contributed by atoms with E-state index in [1.807, 2.05) is 12.1 Å². The van der Waals surface area contributed by atoms with Gasteiger partial charge in [-0.25, -0.2) is 0 Å². The number of carboxylic acid groups (broad SMARTS) is 1. The number of carbonyl (C=O) groups excluding carboxylic acids is 1. The predicted molar refractivity (Wildman–Crippen MR) is 85.9 cm³/mol. The second kappa shape index (κ2) is 7.63. The van der Waals surface area contributed by atoms with Crippen molar-refractivity contribution in [3.05, 3.63) is 34.9 Å². The van der Waals surface area contributed by atoms with Crippen LogP contribution < -0.4 is 5.32 Å². The zero-order valence-corrected chi connectivity index (χ0v) is 13.4. The van der Waals surface area contributed by atoms with Crippen LogP contribution in [0.2, 0.25) is 5.02 Å². The number of halogens is 1. The van der Waals surface area contributed by atoms with Crippen LogP contribution in [0.5, 0.6) is 0 Å². The number of carboxylic acids is 1. The van der Waals surface area contributed by atoms with E-state index in [9.17, 15) is 14.7 Å². The maximum atomic E-state index is 12.0. The Labute approximate surface area is 135 Å². The molecule has 22 heavy (non-hydrogen) atoms. The van der Waals surface area contributed by atoms with Crippen molar-refractivity contribution in [1.82, 2.24) is 5.32 Å². The van der Waals surface area contributed by atoms with Gasteiger partial charge in [0, 0.05) is 18.0 Å². The summed E-state index contributed by atoms with van der Waals surface area (Å²) in [4.78, 5) is 23.5. The minimum atomic E-state index is -0.787. The topological polar surface area (TPSA) is 66.4 Å². The number of benzene rings is 1. The van der Waals surface area contributed by atoms with E-state index in [-0.39, 0.29) is 12.5 Å². The van der Waals surface area contributed by atoms with E-state index in [1.54, 1.807) is 12.1 Å². The highest BCUT2D eigenvalue weighted by molar-refractivity contribution is 6.30. The molecule has 4 nitrogen and oxygen atoms in total. The largest absolute Gasteiger partial charge is 0.481 e. The minimum absolute atomic E-state index is 0.0962. The zero-order valence-electron chi connectivity index (χ0n) is 12.6. The summed E-state index contributed by atoms with van der Waals surface area (Å²) in [5.74, 6) is -0.883. The Morgan fingerprint density at radius 2 is 1.77 bits per heavy atom. The predicted octanol–water partition coefficient (Wildman–Crippen LogP) is 3.42. The zero-order chi connectivity index (χ0) is 16.0. The van der Waals surface area contributed by atoms with E-state index in [1.165, 1.54) is 0 Å². The number of hydrogen-bond donors (Lipinski definition) is 2. The SMILES string of the molecule is O=C(CCc1ccc(Cl)cc1)NCC1(C(=O)O)CCCCC1. The van der Waals surface area contributed by atoms with Crippen LogP contribution in [-0.4, -0.2) is 23.5 Å². The van der Waals surface area contributed by atoms with Gasteiger partial charge in [-0.3, -0.25) is 9.59 Å². The molecule has 0 heterocycles. The number of carbonyl (C=O) groups is 2. The molecule has 1 aromatic rings. The normalized spacial score (nSPS) is 17.0. The first-order valence-corrected chi connectivity index (χ1v) is 8.14. The number of rotatable bonds is 6. The Morgan fingerprint density at radius 1 is 1.14 bits per heavy atom. The van der Waals surface area contributed by atoms with Crippen molar-refractivity contribution in [2.75, 3.05) is 6.54 Å². The molecule has 1 aliphatic rings. The summed E-state index contributed by atoms with van der Waals surface area (Å²) in [6, 6.07) is 7.40. The average molecular weight is 324 g/mol. The quantitative estimate of drug-likeness (QED) is 0.843. The summed E-state index contributed by atoms with van der Waals surface area (Å²) >= 11 is 5.82. The number of hydrogen-bond acceptors (Lipinski definition) is 2. The van der Waals surface area contributed by atoms with Crippen LogP contribution in [0, 0.1) is 5.41 Å². The van der Waals surface area contributed by atoms with Crippen LogP contribution >= 0.6 is 11.6 Å². The van der Waals surface area contributed by atoms with Gasteiger partial charge in [-0.2, -0.15) is 0 Å². The molecular formula is C17H22ClNO3. The van der Waals surface area contributed by atoms with Crippen LogP contribution in [0.25, 0.3) is 0 Å². The van der Waals surface area contributed by atoms with Gasteiger partial charge in [-0.05, 0) is 37.0 Å². The van der Waals surface area contributed by atoms with Crippen LogP contribution in [-0.2, 0) is 16.0 Å². The fourth-order valence-corrected chi connectivity index (χ4v) is 3.09. The number of amides is 1. The van der Waals surface area contributed by atoms with E-state index < -0.39 is 11.4 Å². The Balaban J connectivity index is 1.81. The standard InChI is InChI=1S/C17H22ClNO3/c18-14-7-4-13(5-8-14)6-9-15(20)19-12-17(16(21)22)10-2-1-3-11-17/h4-5,7-8H,1-3,6,9-12H2,(H,19,20)(H,21,22). The van der Waals surface area contributed by atoms with Crippen molar-refractivity contribution in [2.24, 2.45) is 5.41 Å². The molecule has 120 valence electrons. The first kappa shape index (κ1) is 16.8. The van der Waals surface area contributed by atoms with Gasteiger partial charge in [0.15, 0.2) is 0 Å². The Bertz CT molecular complexity index is 521. The van der Waals surface area contributed by atoms with Gasteiger partial charge in [0.2, 0.25) is 5.91 Å². The van der Waals surface area contributed by atoms with Gasteiger partial charge in [0.1, 0.15) is 0 Å². The molecule has 1 fully saturated rings. The molecule has 0 aliphatic heterocycles. The van der Waals surface area contributed by atoms with Gasteiger partial charge in [-0.1, -0.05) is 43.0 Å². The van der Waals surface area contributed by atoms with Crippen molar-refractivity contribution in [3.8, 4) is 0 Å². The monoisotopic (exact) mass is 323 g/mol. The highest BCUT2D eigenvalue weighted by atomic mass is 35.5. The van der Waals surface area contributed by atoms with Gasteiger partial charge >= 0.3 is 5.97 Å². The molecule has 0 aromatic heterocycles. The fourth-order valence-electron chi connectivity index (χ4n) is 2.96. The lowest BCUT2D eigenvalue weighted by molar-refractivity contribution is -0.151. The summed E-state index contributed by atoms with van der Waals surface area (Å²) < 4.78 is 0. The lowest BCUT2D eigenvalue weighted by atomic mass is 9.74. The third-order valence-electron chi connectivity index (χ3n) is 4.44. The van der Waals surface area contributed by atoms with Crippen LogP contribution in [0.1, 0.15) is 44.1 Å². The average Bonchev–Trinajstić information content (AvgIpc) is 2.53. The molecule has 5 heteroatoms. The molecule has 0 radical (unpaired) electrons. The van der Waals surface area contributed by atoms with Gasteiger partial charge in [-0.15, -0.1) is 0 Å². The van der Waals surface area contributed by atoms with Crippen molar-refractivity contribution >= 4 is 23.5 Å². The van der Waals surface area contributed by atoms with Gasteiger partial charge in [0.25, 0.3) is 0 Å². The summed E-state index contributed by atoms with van der Waals surface area (Å²) in [7, 11) is 0. The van der Waals surface area contributed by atoms with Crippen molar-refractivity contribution in [3.63, 3.8) is 0 Å². The smallest absolute Gasteiger partial charge is 0.311 e. The van der Waals surface area contributed by atoms with E-state index in [4.69, 9.17) is 11.6 Å². The Kier molecular flexibility index (Phi) is 5.83. The third-order valence-corrected chi connectivity index (χ3v) is 4.69. The number of nitrogens with one attached hydrogen (secondary N) is 1. The number of aryl methyl sites for hydroxylation is 1. The summed E-state index contributed by atoms with van der Waals surface area (Å²) in [6.07, 6.45) is 5.22. The second-order valence-electron chi connectivity index (χ2n) is 6.05. The van der Waals surface area contributed by atoms with Crippen LogP contribution in [0.3, 0.4) is 0 Å². The highest BCUT2D eigenvalue weighted by Crippen LogP contribution is 2.36. The fraction of sp³-hybridized carbons (Fsp3) is 0.529. The Morgan fingerprint density at radius 3 is 2.36 bits per heavy atom. The highest BCUT2D eigenvalue weighted by Gasteiger charge is 2.39. The first-order valence-electron chi connectivity index (χ1n) is 7.76. The van der Waals surface area contributed by atoms with Gasteiger partial charge < -0.3 is 10.4 Å². The van der Waals surface area contributed by atoms with E-state index in [0.29, 0.717) is 30.7 Å². The van der Waals surface area contributed by atoms with E-state index >= 15 is 0 Å². The molecular weight excluding hydrogens is 302 g/mol. The molecule has 0 bridgehead atoms. The molecule has 1 amide bonds. The summed E-state index contributed by atoms with van der Waals surface area (Å²) in [5.41, 5.74) is 0.277. The lowest BCUT2D eigenvalue weighted by Crippen LogP contribution is -2.44. The molecule has 0 unspecified atom stereocenters. The summed E-state index contributed by atoms with van der Waals surface area (Å²) in [6.45, 7) is 0.238. The van der Waals surface area contributed by atoms with E-state index in [2.05, 4.69) is 5.32 Å². The lowest BCUT2D eigenvalue weighted by Gasteiger charge is -2.33. The van der Waals surface area contributed by atoms with Crippen molar-refractivity contribution < 1.29 is 14.7 Å². The maximum absolute atomic E-state index is 12.0. The maximum Gasteiger partial charge on any atom is 0.311 e. The first-order chi connectivity index (χ1) is 10.5. The molecule has 0 saturated heterocycles. The molecule has 2 rings (SSSR count). The minimum Gasteiger partial charge on any atom is -0.481 e. The van der Waals surface area contributed by atoms with Crippen molar-refractivity contribution in [1.29, 1.82) is 0 Å². The van der Waals surface area contributed by atoms with E-state index in [0.717, 1.165) is 24.8 Å². The number of aliphatic carboxylic acids is 1. The molecule has 1 aromatic carbocycles. The summed E-state index contributed by atoms with van der Waals surface area (Å²) in [5, 5.41) is 13.0. The molecule has 1 saturated carbocycles. The third kappa shape index (κ3) is 4.47. The molecule has 0 spiro atoms. The second-order valence-corrected chi connectivity index (χ2v) is 6.49. The molecule has 1 aliphatic carbocycles. The van der Waals surface area contributed by atoms with Crippen LogP contribution in [0.15, 0.2) is 24.3 Å².